The molecule has 2 aromatic heterocycles. The molecule has 2 heterocycles. The van der Waals surface area contributed by atoms with Gasteiger partial charge in [-0.3, -0.25) is 9.55 Å². The Balaban J connectivity index is 0.00000630. The second kappa shape index (κ2) is 17.3. The number of aromatic hydroxyl groups is 1. The minimum Gasteiger partial charge on any atom is -0.507 e. The predicted octanol–water partition coefficient (Wildman–Crippen LogP) is 15.4. The third-order valence-corrected chi connectivity index (χ3v) is 11.9. The number of phenols is 1. The number of pyridine rings is 1. The Hall–Kier alpha value is -5.57. The number of phenolic OH excluding ortho intramolecular Hbond substituents is 1. The number of fused-ring (bicyclic) bond motifs is 1. The third kappa shape index (κ3) is 8.73. The van der Waals surface area contributed by atoms with Gasteiger partial charge in [-0.25, -0.2) is 4.98 Å². The average molecular weight is 999 g/mol. The first kappa shape index (κ1) is 40.5. The number of aryl methyl sites for hydroxylation is 1. The monoisotopic (exact) mass is 998 g/mol. The first-order valence-corrected chi connectivity index (χ1v) is 21.4. The summed E-state index contributed by atoms with van der Waals surface area (Å²) in [6.45, 7) is 19.4. The fourth-order valence-corrected chi connectivity index (χ4v) is 8.13. The molecule has 8 aromatic rings. The maximum absolute atomic E-state index is 12.2. The molecule has 0 aliphatic heterocycles. The molecular weight excluding hydrogens is 938 g/mol. The largest absolute Gasteiger partial charge is 0.507 e. The summed E-state index contributed by atoms with van der Waals surface area (Å²) in [4.78, 5) is 10.4. The van der Waals surface area contributed by atoms with Gasteiger partial charge in [0, 0.05) is 42.8 Å². The van der Waals surface area contributed by atoms with Crippen LogP contribution >= 0.6 is 0 Å². The SMILES string of the molecule is [2H]C([2H])([2H])c1cc(-n2c(-c3cc(C(C)C)cc(C(C)C)c3O)nc3c(-c4[c-]c(-c5cc(-c6ccc(C(C)(C)C)cc6)ccn5)cc(C(C)(C)C)c4)cccc32)ccc1-c1ccccc1.[Pt]. The topological polar surface area (TPSA) is 50.9 Å². The minimum absolute atomic E-state index is 0. The van der Waals surface area contributed by atoms with Crippen LogP contribution in [0.15, 0.2) is 134 Å². The fourth-order valence-electron chi connectivity index (χ4n) is 8.13. The molecule has 0 atom stereocenters. The molecule has 1 N–H and O–H groups in total. The number of rotatable bonds is 8. The zero-order valence-electron chi connectivity index (χ0n) is 40.5. The van der Waals surface area contributed by atoms with E-state index in [9.17, 15) is 5.11 Å². The van der Waals surface area contributed by atoms with E-state index >= 15 is 0 Å². The van der Waals surface area contributed by atoms with Crippen molar-refractivity contribution >= 4 is 11.0 Å². The molecule has 0 radical (unpaired) electrons. The van der Waals surface area contributed by atoms with Crippen LogP contribution in [-0.4, -0.2) is 19.6 Å². The van der Waals surface area contributed by atoms with Crippen molar-refractivity contribution in [3.63, 3.8) is 0 Å². The molecule has 0 saturated carbocycles. The van der Waals surface area contributed by atoms with Gasteiger partial charge in [-0.15, -0.1) is 29.3 Å². The van der Waals surface area contributed by atoms with Crippen LogP contribution in [0.3, 0.4) is 0 Å². The van der Waals surface area contributed by atoms with Crippen LogP contribution in [0.2, 0.25) is 0 Å². The molecule has 5 heteroatoms. The molecule has 318 valence electrons. The van der Waals surface area contributed by atoms with Crippen molar-refractivity contribution < 1.29 is 30.3 Å². The Labute approximate surface area is 387 Å². The molecule has 4 nitrogen and oxygen atoms in total. The maximum Gasteiger partial charge on any atom is 0.148 e. The smallest absolute Gasteiger partial charge is 0.148 e. The van der Waals surface area contributed by atoms with E-state index in [0.29, 0.717) is 28.2 Å². The van der Waals surface area contributed by atoms with E-state index < -0.39 is 6.85 Å². The van der Waals surface area contributed by atoms with Crippen molar-refractivity contribution in [3.05, 3.63) is 167 Å². The van der Waals surface area contributed by atoms with Crippen molar-refractivity contribution in [1.82, 2.24) is 14.5 Å². The summed E-state index contributed by atoms with van der Waals surface area (Å²) in [6.07, 6.45) is 1.87. The maximum atomic E-state index is 12.2. The van der Waals surface area contributed by atoms with Gasteiger partial charge < -0.3 is 5.11 Å². The summed E-state index contributed by atoms with van der Waals surface area (Å²) in [6, 6.07) is 46.6. The standard InChI is InChI=1S/C57H58N3O.Pt/c1-35(2)41-32-49(36(3)4)54(61)50(33-41)55-59-53-48(18-15-19-52(53)60(55)46-24-25-47(37(5)28-46)39-16-13-12-14-17-39)42-29-43(31-45(30-42)57(9,10)11)51-34-40(26-27-58-51)38-20-22-44(23-21-38)56(6,7)8;/h12-28,30-36,61H,1-11H3;/q-1;/i5D3;. The van der Waals surface area contributed by atoms with E-state index in [1.807, 2.05) is 71.4 Å². The Morgan fingerprint density at radius 1 is 0.629 bits per heavy atom. The number of imidazole rings is 1. The van der Waals surface area contributed by atoms with Gasteiger partial charge in [-0.2, -0.15) is 0 Å². The minimum atomic E-state index is -2.41. The van der Waals surface area contributed by atoms with E-state index in [0.717, 1.165) is 61.3 Å². The van der Waals surface area contributed by atoms with Gasteiger partial charge in [0.25, 0.3) is 0 Å². The first-order valence-electron chi connectivity index (χ1n) is 22.9. The van der Waals surface area contributed by atoms with Gasteiger partial charge in [-0.05, 0) is 104 Å². The number of para-hydroxylation sites is 1. The molecule has 0 aliphatic carbocycles. The van der Waals surface area contributed by atoms with Gasteiger partial charge >= 0.3 is 0 Å². The Bertz CT molecular complexity index is 3010. The van der Waals surface area contributed by atoms with Crippen molar-refractivity contribution in [2.75, 3.05) is 0 Å². The van der Waals surface area contributed by atoms with E-state index in [1.165, 1.54) is 5.56 Å². The quantitative estimate of drug-likeness (QED) is 0.154. The van der Waals surface area contributed by atoms with Crippen molar-refractivity contribution in [3.8, 4) is 67.5 Å². The molecule has 0 saturated heterocycles. The van der Waals surface area contributed by atoms with Crippen LogP contribution in [0.4, 0.5) is 0 Å². The normalized spacial score (nSPS) is 12.9. The summed E-state index contributed by atoms with van der Waals surface area (Å²) in [5, 5.41) is 12.2. The number of benzene rings is 6. The Morgan fingerprint density at radius 3 is 2.00 bits per heavy atom. The summed E-state index contributed by atoms with van der Waals surface area (Å²) in [5.74, 6) is 0.909. The van der Waals surface area contributed by atoms with Crippen LogP contribution in [0.1, 0.15) is 113 Å². The molecule has 0 fully saturated rings. The summed E-state index contributed by atoms with van der Waals surface area (Å²) in [7, 11) is 0. The molecule has 0 aliphatic rings. The number of hydrogen-bond acceptors (Lipinski definition) is 3. The molecule has 0 spiro atoms. The number of hydrogen-bond donors (Lipinski definition) is 1. The zero-order chi connectivity index (χ0) is 45.9. The van der Waals surface area contributed by atoms with Crippen molar-refractivity contribution in [1.29, 1.82) is 0 Å². The fraction of sp³-hybridized carbons (Fsp3) is 0.263. The summed E-state index contributed by atoms with van der Waals surface area (Å²) in [5.41, 5.74) is 14.2. The molecule has 8 rings (SSSR count). The predicted molar refractivity (Wildman–Crippen MR) is 257 cm³/mol. The van der Waals surface area contributed by atoms with Gasteiger partial charge in [0.05, 0.1) is 16.6 Å². The van der Waals surface area contributed by atoms with E-state index in [1.54, 1.807) is 6.07 Å². The second-order valence-electron chi connectivity index (χ2n) is 19.1. The molecule has 0 amide bonds. The summed E-state index contributed by atoms with van der Waals surface area (Å²) < 4.78 is 28.1. The van der Waals surface area contributed by atoms with Crippen LogP contribution < -0.4 is 0 Å². The second-order valence-corrected chi connectivity index (χ2v) is 19.1. The van der Waals surface area contributed by atoms with E-state index in [2.05, 4.69) is 136 Å². The van der Waals surface area contributed by atoms with Crippen molar-refractivity contribution in [2.45, 2.75) is 98.8 Å². The third-order valence-electron chi connectivity index (χ3n) is 11.9. The molecular formula is C57H58N3OPt-. The van der Waals surface area contributed by atoms with E-state index in [-0.39, 0.29) is 55.0 Å². The molecule has 0 bridgehead atoms. The van der Waals surface area contributed by atoms with Crippen molar-refractivity contribution in [2.24, 2.45) is 0 Å². The van der Waals surface area contributed by atoms with Crippen LogP contribution in [-0.2, 0) is 31.9 Å². The average Bonchev–Trinajstić information content (AvgIpc) is 3.65. The molecule has 6 aromatic carbocycles. The Kier molecular flexibility index (Phi) is 11.3. The molecule has 62 heavy (non-hydrogen) atoms. The van der Waals surface area contributed by atoms with Crippen LogP contribution in [0.25, 0.3) is 72.7 Å². The number of nitrogens with zero attached hydrogens (tertiary/aromatic N) is 3. The molecule has 0 unspecified atom stereocenters. The Morgan fingerprint density at radius 2 is 1.34 bits per heavy atom. The van der Waals surface area contributed by atoms with Gasteiger partial charge in [0.2, 0.25) is 0 Å². The first-order chi connectivity index (χ1) is 30.2. The number of aromatic nitrogens is 3. The van der Waals surface area contributed by atoms with Gasteiger partial charge in [0.1, 0.15) is 11.6 Å². The van der Waals surface area contributed by atoms with Gasteiger partial charge in [0.15, 0.2) is 0 Å². The zero-order valence-corrected chi connectivity index (χ0v) is 39.7. The van der Waals surface area contributed by atoms with Gasteiger partial charge in [-0.1, -0.05) is 165 Å². The van der Waals surface area contributed by atoms with Crippen LogP contribution in [0.5, 0.6) is 5.75 Å². The van der Waals surface area contributed by atoms with Crippen LogP contribution in [0, 0.1) is 12.9 Å². The summed E-state index contributed by atoms with van der Waals surface area (Å²) >= 11 is 0. The van der Waals surface area contributed by atoms with E-state index in [4.69, 9.17) is 14.1 Å².